The van der Waals surface area contributed by atoms with E-state index >= 15 is 0 Å². The van der Waals surface area contributed by atoms with Crippen LogP contribution in [-0.4, -0.2) is 59.4 Å². The number of benzene rings is 1. The average Bonchev–Trinajstić information content (AvgIpc) is 3.38. The van der Waals surface area contributed by atoms with Crippen molar-refractivity contribution in [2.45, 2.75) is 18.7 Å². The summed E-state index contributed by atoms with van der Waals surface area (Å²) in [4.78, 5) is 14.6. The molecule has 8 nitrogen and oxygen atoms in total. The molecule has 0 N–H and O–H groups in total. The molecule has 3 aromatic rings. The molecule has 1 fully saturated rings. The highest BCUT2D eigenvalue weighted by molar-refractivity contribution is 7.89. The Morgan fingerprint density at radius 2 is 1.62 bits per heavy atom. The van der Waals surface area contributed by atoms with Gasteiger partial charge in [-0.2, -0.15) is 4.31 Å². The number of sulfonamides is 1. The first-order valence-corrected chi connectivity index (χ1v) is 10.8. The highest BCUT2D eigenvalue weighted by atomic mass is 32.2. The summed E-state index contributed by atoms with van der Waals surface area (Å²) >= 11 is 0. The fourth-order valence-corrected chi connectivity index (χ4v) is 5.28. The molecular formula is C20H22N4O4S. The second-order valence-corrected chi connectivity index (χ2v) is 8.86. The number of nitrogens with zero attached hydrogens (tertiary/aromatic N) is 4. The van der Waals surface area contributed by atoms with Gasteiger partial charge in [0.15, 0.2) is 5.76 Å². The van der Waals surface area contributed by atoms with Gasteiger partial charge in [-0.1, -0.05) is 5.16 Å². The minimum absolute atomic E-state index is 0.0987. The number of rotatable bonds is 4. The van der Waals surface area contributed by atoms with Gasteiger partial charge in [0.2, 0.25) is 10.0 Å². The fourth-order valence-electron chi connectivity index (χ4n) is 3.57. The van der Waals surface area contributed by atoms with E-state index in [2.05, 4.69) is 5.16 Å². The van der Waals surface area contributed by atoms with Crippen LogP contribution in [-0.2, 0) is 10.0 Å². The number of hydrogen-bond donors (Lipinski definition) is 0. The summed E-state index contributed by atoms with van der Waals surface area (Å²) in [7, 11) is -3.69. The molecule has 9 heteroatoms. The van der Waals surface area contributed by atoms with Gasteiger partial charge < -0.3 is 14.0 Å². The van der Waals surface area contributed by atoms with E-state index in [4.69, 9.17) is 4.52 Å². The predicted molar refractivity (Wildman–Crippen MR) is 106 cm³/mol. The van der Waals surface area contributed by atoms with Gasteiger partial charge in [-0.05, 0) is 50.2 Å². The molecule has 0 aliphatic carbocycles. The minimum atomic E-state index is -3.69. The molecule has 1 aliphatic heterocycles. The van der Waals surface area contributed by atoms with Gasteiger partial charge >= 0.3 is 0 Å². The van der Waals surface area contributed by atoms with E-state index in [1.165, 1.54) is 4.31 Å². The van der Waals surface area contributed by atoms with E-state index in [0.29, 0.717) is 24.3 Å². The largest absolute Gasteiger partial charge is 0.360 e. The third kappa shape index (κ3) is 3.58. The van der Waals surface area contributed by atoms with Crippen LogP contribution in [0.1, 0.15) is 21.8 Å². The molecule has 1 saturated heterocycles. The highest BCUT2D eigenvalue weighted by Crippen LogP contribution is 2.24. The van der Waals surface area contributed by atoms with Crippen LogP contribution < -0.4 is 0 Å². The van der Waals surface area contributed by atoms with E-state index in [-0.39, 0.29) is 29.7 Å². The molecule has 0 spiro atoms. The van der Waals surface area contributed by atoms with E-state index in [1.54, 1.807) is 30.9 Å². The van der Waals surface area contributed by atoms with Crippen LogP contribution in [0, 0.1) is 13.8 Å². The van der Waals surface area contributed by atoms with Crippen LogP contribution in [0.4, 0.5) is 0 Å². The average molecular weight is 414 g/mol. The third-order valence-corrected chi connectivity index (χ3v) is 7.25. The van der Waals surface area contributed by atoms with E-state index in [1.807, 2.05) is 41.2 Å². The van der Waals surface area contributed by atoms with Crippen molar-refractivity contribution in [3.63, 3.8) is 0 Å². The first kappa shape index (κ1) is 19.4. The highest BCUT2D eigenvalue weighted by Gasteiger charge is 2.34. The second kappa shape index (κ2) is 7.49. The van der Waals surface area contributed by atoms with Gasteiger partial charge in [0.05, 0.1) is 0 Å². The minimum Gasteiger partial charge on any atom is -0.360 e. The molecule has 0 bridgehead atoms. The zero-order valence-electron chi connectivity index (χ0n) is 16.3. The van der Waals surface area contributed by atoms with Crippen molar-refractivity contribution in [3.05, 3.63) is 65.8 Å². The van der Waals surface area contributed by atoms with Crippen LogP contribution >= 0.6 is 0 Å². The smallest absolute Gasteiger partial charge is 0.253 e. The lowest BCUT2D eigenvalue weighted by atomic mass is 10.1. The quantitative estimate of drug-likeness (QED) is 0.653. The molecule has 1 aliphatic rings. The number of aryl methyl sites for hydroxylation is 2. The van der Waals surface area contributed by atoms with Crippen molar-refractivity contribution in [2.24, 2.45) is 0 Å². The van der Waals surface area contributed by atoms with Gasteiger partial charge in [-0.25, -0.2) is 8.42 Å². The van der Waals surface area contributed by atoms with Crippen LogP contribution in [0.15, 0.2) is 58.2 Å². The molecule has 0 saturated carbocycles. The van der Waals surface area contributed by atoms with Crippen LogP contribution in [0.5, 0.6) is 0 Å². The molecule has 2 aromatic heterocycles. The Morgan fingerprint density at radius 3 is 2.17 bits per heavy atom. The molecule has 1 aromatic carbocycles. The second-order valence-electron chi connectivity index (χ2n) is 6.99. The lowest BCUT2D eigenvalue weighted by Crippen LogP contribution is -2.50. The van der Waals surface area contributed by atoms with E-state index in [9.17, 15) is 13.2 Å². The Hall–Kier alpha value is -2.91. The van der Waals surface area contributed by atoms with Crippen molar-refractivity contribution >= 4 is 15.9 Å². The number of carbonyl (C=O) groups excluding carboxylic acids is 1. The molecule has 1 amide bonds. The summed E-state index contributed by atoms with van der Waals surface area (Å²) in [5.74, 6) is 0.183. The van der Waals surface area contributed by atoms with Crippen LogP contribution in [0.2, 0.25) is 0 Å². The fraction of sp³-hybridized carbons (Fsp3) is 0.300. The maximum atomic E-state index is 12.9. The Kier molecular flexibility index (Phi) is 5.01. The lowest BCUT2D eigenvalue weighted by Gasteiger charge is -2.34. The summed E-state index contributed by atoms with van der Waals surface area (Å²) in [5.41, 5.74) is 1.91. The maximum Gasteiger partial charge on any atom is 0.253 e. The standard InChI is InChI=1S/C20H22N4O4S/c1-15-19(16(2)28-21-15)29(26,27)24-13-11-23(12-14-24)20(25)17-5-7-18(8-6-17)22-9-3-4-10-22/h3-10H,11-14H2,1-2H3. The molecule has 4 rings (SSSR count). The summed E-state index contributed by atoms with van der Waals surface area (Å²) < 4.78 is 34.2. The number of carbonyl (C=O) groups is 1. The Morgan fingerprint density at radius 1 is 1.00 bits per heavy atom. The zero-order chi connectivity index (χ0) is 20.6. The molecule has 152 valence electrons. The first-order valence-electron chi connectivity index (χ1n) is 9.33. The van der Waals surface area contributed by atoms with E-state index in [0.717, 1.165) is 5.69 Å². The summed E-state index contributed by atoms with van der Waals surface area (Å²) in [6, 6.07) is 11.3. The van der Waals surface area contributed by atoms with Crippen LogP contribution in [0.3, 0.4) is 0 Å². The maximum absolute atomic E-state index is 12.9. The number of aromatic nitrogens is 2. The molecule has 0 unspecified atom stereocenters. The molecule has 3 heterocycles. The summed E-state index contributed by atoms with van der Waals surface area (Å²) in [6.45, 7) is 4.34. The SMILES string of the molecule is Cc1noc(C)c1S(=O)(=O)N1CCN(C(=O)c2ccc(-n3cccc3)cc2)CC1. The Balaban J connectivity index is 1.43. The number of piperazine rings is 1. The first-order chi connectivity index (χ1) is 13.9. The normalized spacial score (nSPS) is 15.6. The Bertz CT molecular complexity index is 1090. The topological polar surface area (TPSA) is 88.7 Å². The van der Waals surface area contributed by atoms with Crippen molar-refractivity contribution in [3.8, 4) is 5.69 Å². The third-order valence-electron chi connectivity index (χ3n) is 5.11. The van der Waals surface area contributed by atoms with Gasteiger partial charge in [-0.3, -0.25) is 4.79 Å². The Labute approximate surface area is 169 Å². The molecule has 0 radical (unpaired) electrons. The van der Waals surface area contributed by atoms with Gasteiger partial charge in [0, 0.05) is 49.8 Å². The van der Waals surface area contributed by atoms with Gasteiger partial charge in [0.1, 0.15) is 10.6 Å². The molecule has 29 heavy (non-hydrogen) atoms. The summed E-state index contributed by atoms with van der Waals surface area (Å²) in [5, 5.41) is 3.74. The van der Waals surface area contributed by atoms with Gasteiger partial charge in [-0.15, -0.1) is 0 Å². The zero-order valence-corrected chi connectivity index (χ0v) is 17.1. The van der Waals surface area contributed by atoms with Crippen molar-refractivity contribution < 1.29 is 17.7 Å². The number of amides is 1. The molecular weight excluding hydrogens is 392 g/mol. The van der Waals surface area contributed by atoms with Crippen molar-refractivity contribution in [2.75, 3.05) is 26.2 Å². The monoisotopic (exact) mass is 414 g/mol. The van der Waals surface area contributed by atoms with Crippen molar-refractivity contribution in [1.82, 2.24) is 18.9 Å². The summed E-state index contributed by atoms with van der Waals surface area (Å²) in [6.07, 6.45) is 3.88. The van der Waals surface area contributed by atoms with Crippen molar-refractivity contribution in [1.29, 1.82) is 0 Å². The number of hydrogen-bond acceptors (Lipinski definition) is 5. The lowest BCUT2D eigenvalue weighted by molar-refractivity contribution is 0.0698. The van der Waals surface area contributed by atoms with Gasteiger partial charge in [0.25, 0.3) is 5.91 Å². The van der Waals surface area contributed by atoms with Crippen LogP contribution in [0.25, 0.3) is 5.69 Å². The predicted octanol–water partition coefficient (Wildman–Crippen LogP) is 2.23. The van der Waals surface area contributed by atoms with E-state index < -0.39 is 10.0 Å². The molecule has 0 atom stereocenters.